The molecule has 6 heteroatoms. The first-order valence-electron chi connectivity index (χ1n) is 5.08. The summed E-state index contributed by atoms with van der Waals surface area (Å²) in [6, 6.07) is 3.73. The Labute approximate surface area is 96.6 Å². The monoisotopic (exact) mass is 238 g/mol. The number of nitrogens with one attached hydrogen (secondary N) is 1. The van der Waals surface area contributed by atoms with Gasteiger partial charge in [-0.15, -0.1) is 0 Å². The van der Waals surface area contributed by atoms with Crippen LogP contribution in [0.15, 0.2) is 18.3 Å². The molecule has 0 bridgehead atoms. The van der Waals surface area contributed by atoms with Crippen molar-refractivity contribution < 1.29 is 4.21 Å². The number of nitrogen functional groups attached to an aromatic ring is 1. The van der Waals surface area contributed by atoms with Crippen LogP contribution in [0.2, 0.25) is 0 Å². The number of hydrogen-bond acceptors (Lipinski definition) is 4. The number of rotatable bonds is 2. The van der Waals surface area contributed by atoms with Crippen LogP contribution in [0.4, 0.5) is 5.69 Å². The summed E-state index contributed by atoms with van der Waals surface area (Å²) >= 11 is 0. The van der Waals surface area contributed by atoms with Gasteiger partial charge in [-0.3, -0.25) is 14.6 Å². The number of pyridine rings is 1. The molecule has 0 aliphatic carbocycles. The highest BCUT2D eigenvalue weighted by Gasteiger charge is 2.19. The number of anilines is 1. The van der Waals surface area contributed by atoms with Gasteiger partial charge in [0.1, 0.15) is 11.5 Å². The molecule has 2 rings (SSSR count). The van der Waals surface area contributed by atoms with Gasteiger partial charge in [0.25, 0.3) is 0 Å². The minimum atomic E-state index is -0.699. The van der Waals surface area contributed by atoms with E-state index >= 15 is 0 Å². The van der Waals surface area contributed by atoms with Gasteiger partial charge in [0.05, 0.1) is 5.69 Å². The zero-order chi connectivity index (χ0) is 11.5. The Kier molecular flexibility index (Phi) is 3.19. The van der Waals surface area contributed by atoms with Crippen molar-refractivity contribution in [3.05, 3.63) is 24.0 Å². The van der Waals surface area contributed by atoms with Crippen molar-refractivity contribution in [2.75, 3.05) is 29.5 Å². The zero-order valence-corrected chi connectivity index (χ0v) is 9.67. The minimum absolute atomic E-state index is 0.0257. The molecule has 0 aromatic carbocycles. The molecule has 3 N–H and O–H groups in total. The lowest BCUT2D eigenvalue weighted by atomic mass is 10.2. The maximum absolute atomic E-state index is 11.3. The molecule has 0 atom stereocenters. The molecule has 1 aliphatic rings. The van der Waals surface area contributed by atoms with E-state index in [-0.39, 0.29) is 5.84 Å². The highest BCUT2D eigenvalue weighted by Crippen LogP contribution is 2.19. The van der Waals surface area contributed by atoms with Gasteiger partial charge >= 0.3 is 0 Å². The average Bonchev–Trinajstić information content (AvgIpc) is 2.30. The van der Waals surface area contributed by atoms with Crippen LogP contribution in [0.1, 0.15) is 5.69 Å². The van der Waals surface area contributed by atoms with Gasteiger partial charge in [-0.1, -0.05) is 0 Å². The lowest BCUT2D eigenvalue weighted by molar-refractivity contribution is 0.673. The Balaban J connectivity index is 2.26. The molecule has 1 fully saturated rings. The van der Waals surface area contributed by atoms with Crippen molar-refractivity contribution in [3.63, 3.8) is 0 Å². The molecule has 1 aliphatic heterocycles. The summed E-state index contributed by atoms with van der Waals surface area (Å²) in [4.78, 5) is 6.19. The summed E-state index contributed by atoms with van der Waals surface area (Å²) in [5.74, 6) is 1.32. The zero-order valence-electron chi connectivity index (χ0n) is 8.85. The van der Waals surface area contributed by atoms with Gasteiger partial charge < -0.3 is 10.6 Å². The SMILES string of the molecule is N=C(N)c1ncccc1N1CCS(=O)CC1. The first-order chi connectivity index (χ1) is 7.68. The molecule has 0 spiro atoms. The smallest absolute Gasteiger partial charge is 0.143 e. The Hall–Kier alpha value is -1.43. The molecule has 16 heavy (non-hydrogen) atoms. The number of aromatic nitrogens is 1. The maximum Gasteiger partial charge on any atom is 0.143 e. The maximum atomic E-state index is 11.3. The molecule has 0 saturated carbocycles. The molecule has 0 unspecified atom stereocenters. The fourth-order valence-corrected chi connectivity index (χ4v) is 2.79. The highest BCUT2D eigenvalue weighted by molar-refractivity contribution is 7.85. The number of nitrogens with two attached hydrogens (primary N) is 1. The van der Waals surface area contributed by atoms with Gasteiger partial charge in [0, 0.05) is 41.6 Å². The summed E-state index contributed by atoms with van der Waals surface area (Å²) in [5.41, 5.74) is 6.86. The van der Waals surface area contributed by atoms with Crippen LogP contribution >= 0.6 is 0 Å². The molecule has 5 nitrogen and oxygen atoms in total. The van der Waals surface area contributed by atoms with Crippen molar-refractivity contribution >= 4 is 22.3 Å². The van der Waals surface area contributed by atoms with E-state index in [9.17, 15) is 4.21 Å². The Morgan fingerprint density at radius 2 is 2.19 bits per heavy atom. The van der Waals surface area contributed by atoms with E-state index in [4.69, 9.17) is 11.1 Å². The molecule has 1 aromatic rings. The van der Waals surface area contributed by atoms with Crippen LogP contribution in [-0.4, -0.2) is 39.6 Å². The second-order valence-corrected chi connectivity index (χ2v) is 5.32. The lowest BCUT2D eigenvalue weighted by Crippen LogP contribution is -2.39. The van der Waals surface area contributed by atoms with Crippen molar-refractivity contribution in [3.8, 4) is 0 Å². The van der Waals surface area contributed by atoms with E-state index in [1.807, 2.05) is 12.1 Å². The largest absolute Gasteiger partial charge is 0.382 e. The van der Waals surface area contributed by atoms with Gasteiger partial charge in [0.2, 0.25) is 0 Å². The molecule has 2 heterocycles. The van der Waals surface area contributed by atoms with Gasteiger partial charge in [-0.2, -0.15) is 0 Å². The molecule has 1 saturated heterocycles. The average molecular weight is 238 g/mol. The van der Waals surface area contributed by atoms with E-state index in [1.165, 1.54) is 0 Å². The van der Waals surface area contributed by atoms with E-state index in [2.05, 4.69) is 9.88 Å². The summed E-state index contributed by atoms with van der Waals surface area (Å²) in [6.45, 7) is 1.47. The van der Waals surface area contributed by atoms with E-state index in [0.717, 1.165) is 18.8 Å². The summed E-state index contributed by atoms with van der Waals surface area (Å²) in [6.07, 6.45) is 1.63. The van der Waals surface area contributed by atoms with Crippen molar-refractivity contribution in [1.82, 2.24) is 4.98 Å². The number of hydrogen-bond donors (Lipinski definition) is 2. The minimum Gasteiger partial charge on any atom is -0.382 e. The standard InChI is InChI=1S/C10H14N4OS/c11-10(12)9-8(2-1-3-13-9)14-4-6-16(15)7-5-14/h1-3H,4-7H2,(H3,11,12). The highest BCUT2D eigenvalue weighted by atomic mass is 32.2. The third-order valence-electron chi connectivity index (χ3n) is 2.56. The van der Waals surface area contributed by atoms with Crippen LogP contribution < -0.4 is 10.6 Å². The van der Waals surface area contributed by atoms with E-state index in [1.54, 1.807) is 6.20 Å². The van der Waals surface area contributed by atoms with E-state index < -0.39 is 10.8 Å². The van der Waals surface area contributed by atoms with Crippen LogP contribution in [0, 0.1) is 5.41 Å². The van der Waals surface area contributed by atoms with E-state index in [0.29, 0.717) is 17.2 Å². The second-order valence-electron chi connectivity index (χ2n) is 3.62. The first-order valence-corrected chi connectivity index (χ1v) is 6.56. The summed E-state index contributed by atoms with van der Waals surface area (Å²) in [5, 5.41) is 7.46. The third-order valence-corrected chi connectivity index (χ3v) is 3.84. The third kappa shape index (κ3) is 2.21. The molecular formula is C10H14N4OS. The molecule has 0 amide bonds. The van der Waals surface area contributed by atoms with Crippen molar-refractivity contribution in [2.45, 2.75) is 0 Å². The fourth-order valence-electron chi connectivity index (χ4n) is 1.74. The fraction of sp³-hybridized carbons (Fsp3) is 0.400. The summed E-state index contributed by atoms with van der Waals surface area (Å²) in [7, 11) is -0.699. The summed E-state index contributed by atoms with van der Waals surface area (Å²) < 4.78 is 11.3. The van der Waals surface area contributed by atoms with Crippen molar-refractivity contribution in [1.29, 1.82) is 5.41 Å². The van der Waals surface area contributed by atoms with Gasteiger partial charge in [0.15, 0.2) is 0 Å². The van der Waals surface area contributed by atoms with Gasteiger partial charge in [-0.05, 0) is 12.1 Å². The Morgan fingerprint density at radius 3 is 2.81 bits per heavy atom. The molecule has 0 radical (unpaired) electrons. The number of nitrogens with zero attached hydrogens (tertiary/aromatic N) is 2. The Morgan fingerprint density at radius 1 is 1.50 bits per heavy atom. The van der Waals surface area contributed by atoms with Crippen LogP contribution in [0.25, 0.3) is 0 Å². The van der Waals surface area contributed by atoms with Crippen LogP contribution in [0.3, 0.4) is 0 Å². The lowest BCUT2D eigenvalue weighted by Gasteiger charge is -2.29. The van der Waals surface area contributed by atoms with Crippen molar-refractivity contribution in [2.24, 2.45) is 5.73 Å². The quantitative estimate of drug-likeness (QED) is 0.558. The first kappa shape index (κ1) is 11.1. The topological polar surface area (TPSA) is 83.1 Å². The molecule has 86 valence electrons. The Bertz CT molecular complexity index is 425. The predicted molar refractivity (Wildman–Crippen MR) is 65.3 cm³/mol. The predicted octanol–water partition coefficient (Wildman–Crippen LogP) is -0.0656. The van der Waals surface area contributed by atoms with Crippen LogP contribution in [-0.2, 0) is 10.8 Å². The van der Waals surface area contributed by atoms with Crippen LogP contribution in [0.5, 0.6) is 0 Å². The normalized spacial score (nSPS) is 17.4. The number of amidine groups is 1. The molecule has 1 aromatic heterocycles. The van der Waals surface area contributed by atoms with Gasteiger partial charge in [-0.25, -0.2) is 0 Å². The second kappa shape index (κ2) is 4.61. The molecular weight excluding hydrogens is 224 g/mol.